The van der Waals surface area contributed by atoms with E-state index in [1.54, 1.807) is 24.3 Å². The second-order valence-electron chi connectivity index (χ2n) is 4.45. The van der Waals surface area contributed by atoms with Gasteiger partial charge in [-0.2, -0.15) is 0 Å². The van der Waals surface area contributed by atoms with Crippen molar-refractivity contribution in [2.45, 2.75) is 0 Å². The number of carbonyl (C=O) groups is 2. The van der Waals surface area contributed by atoms with Gasteiger partial charge in [-0.15, -0.1) is 0 Å². The Bertz CT molecular complexity index is 671. The number of methoxy groups -OCH3 is 1. The maximum Gasteiger partial charge on any atom is 0.339 e. The third kappa shape index (κ3) is 4.05. The van der Waals surface area contributed by atoms with Gasteiger partial charge in [-0.3, -0.25) is 4.79 Å². The molecular weight excluding hydrogens is 287 g/mol. The van der Waals surface area contributed by atoms with Crippen LogP contribution in [-0.2, 0) is 9.53 Å². The molecule has 0 aliphatic rings. The zero-order valence-electron chi connectivity index (χ0n) is 11.9. The Balaban J connectivity index is 1.97. The number of amides is 1. The van der Waals surface area contributed by atoms with Gasteiger partial charge in [-0.05, 0) is 36.4 Å². The predicted molar refractivity (Wildman–Crippen MR) is 81.3 cm³/mol. The summed E-state index contributed by atoms with van der Waals surface area (Å²) in [4.78, 5) is 23.5. The molecule has 0 bridgehead atoms. The van der Waals surface area contributed by atoms with Crippen LogP contribution in [0.3, 0.4) is 0 Å². The molecule has 0 heterocycles. The highest BCUT2D eigenvalue weighted by Crippen LogP contribution is 2.16. The van der Waals surface area contributed by atoms with Crippen molar-refractivity contribution in [2.75, 3.05) is 24.3 Å². The summed E-state index contributed by atoms with van der Waals surface area (Å²) in [6.07, 6.45) is 0. The van der Waals surface area contributed by atoms with Gasteiger partial charge in [0.25, 0.3) is 0 Å². The van der Waals surface area contributed by atoms with Gasteiger partial charge in [0.05, 0.1) is 24.9 Å². The van der Waals surface area contributed by atoms with Crippen LogP contribution in [0.5, 0.6) is 0 Å². The molecular formula is C16H15FN2O3. The molecule has 5 nitrogen and oxygen atoms in total. The Morgan fingerprint density at radius 1 is 1.09 bits per heavy atom. The highest BCUT2D eigenvalue weighted by Gasteiger charge is 2.12. The van der Waals surface area contributed by atoms with Crippen LogP contribution in [0.2, 0.25) is 0 Å². The Morgan fingerprint density at radius 3 is 2.45 bits per heavy atom. The van der Waals surface area contributed by atoms with E-state index in [9.17, 15) is 14.0 Å². The molecule has 2 rings (SSSR count). The van der Waals surface area contributed by atoms with Gasteiger partial charge in [0.2, 0.25) is 5.91 Å². The molecule has 0 aliphatic heterocycles. The topological polar surface area (TPSA) is 67.4 Å². The minimum atomic E-state index is -0.526. The van der Waals surface area contributed by atoms with Crippen LogP contribution in [0, 0.1) is 5.82 Å². The fourth-order valence-electron chi connectivity index (χ4n) is 1.82. The number of para-hydroxylation sites is 1. The first-order valence-corrected chi connectivity index (χ1v) is 6.57. The molecule has 0 spiro atoms. The predicted octanol–water partition coefficient (Wildman–Crippen LogP) is 2.66. The minimum absolute atomic E-state index is 0.0128. The van der Waals surface area contributed by atoms with Crippen LogP contribution in [0.1, 0.15) is 10.4 Å². The molecule has 0 unspecified atom stereocenters. The molecule has 0 saturated heterocycles. The second-order valence-corrected chi connectivity index (χ2v) is 4.45. The van der Waals surface area contributed by atoms with E-state index in [4.69, 9.17) is 0 Å². The first-order valence-electron chi connectivity index (χ1n) is 6.57. The molecule has 114 valence electrons. The molecule has 2 N–H and O–H groups in total. The van der Waals surface area contributed by atoms with E-state index in [1.165, 1.54) is 31.4 Å². The fourth-order valence-corrected chi connectivity index (χ4v) is 1.82. The molecule has 22 heavy (non-hydrogen) atoms. The number of anilines is 2. The summed E-state index contributed by atoms with van der Waals surface area (Å²) in [6.45, 7) is -0.0128. The molecule has 0 atom stereocenters. The lowest BCUT2D eigenvalue weighted by Crippen LogP contribution is -2.23. The van der Waals surface area contributed by atoms with Crippen LogP contribution >= 0.6 is 0 Å². The van der Waals surface area contributed by atoms with E-state index in [-0.39, 0.29) is 23.8 Å². The lowest BCUT2D eigenvalue weighted by Gasteiger charge is -2.10. The Labute approximate surface area is 127 Å². The quantitative estimate of drug-likeness (QED) is 0.833. The summed E-state index contributed by atoms with van der Waals surface area (Å²) in [7, 11) is 1.27. The van der Waals surface area contributed by atoms with E-state index >= 15 is 0 Å². The molecule has 0 aliphatic carbocycles. The summed E-state index contributed by atoms with van der Waals surface area (Å²) in [5.74, 6) is -1.20. The highest BCUT2D eigenvalue weighted by molar-refractivity contribution is 6.02. The number of esters is 1. The first kappa shape index (κ1) is 15.5. The van der Waals surface area contributed by atoms with Crippen molar-refractivity contribution in [1.29, 1.82) is 0 Å². The molecule has 2 aromatic carbocycles. The maximum absolute atomic E-state index is 12.8. The van der Waals surface area contributed by atoms with Crippen LogP contribution in [0.25, 0.3) is 0 Å². The minimum Gasteiger partial charge on any atom is -0.465 e. The SMILES string of the molecule is COC(=O)c1ccccc1NC(=O)CNc1ccc(F)cc1. The van der Waals surface area contributed by atoms with Gasteiger partial charge in [0, 0.05) is 5.69 Å². The van der Waals surface area contributed by atoms with Gasteiger partial charge < -0.3 is 15.4 Å². The molecule has 1 amide bonds. The standard InChI is InChI=1S/C16H15FN2O3/c1-22-16(21)13-4-2-3-5-14(13)19-15(20)10-18-12-8-6-11(17)7-9-12/h2-9,18H,10H2,1H3,(H,19,20). The maximum atomic E-state index is 12.8. The number of rotatable bonds is 5. The molecule has 0 aromatic heterocycles. The smallest absolute Gasteiger partial charge is 0.339 e. The van der Waals surface area contributed by atoms with Crippen molar-refractivity contribution in [2.24, 2.45) is 0 Å². The van der Waals surface area contributed by atoms with Gasteiger partial charge in [0.1, 0.15) is 5.82 Å². The van der Waals surface area contributed by atoms with E-state index in [2.05, 4.69) is 15.4 Å². The van der Waals surface area contributed by atoms with Gasteiger partial charge in [-0.25, -0.2) is 9.18 Å². The zero-order valence-corrected chi connectivity index (χ0v) is 11.9. The van der Waals surface area contributed by atoms with Crippen molar-refractivity contribution in [3.8, 4) is 0 Å². The summed E-state index contributed by atoms with van der Waals surface area (Å²) in [6, 6.07) is 12.2. The third-order valence-electron chi connectivity index (χ3n) is 2.90. The number of carbonyl (C=O) groups excluding carboxylic acids is 2. The average molecular weight is 302 g/mol. The van der Waals surface area contributed by atoms with E-state index in [1.807, 2.05) is 0 Å². The van der Waals surface area contributed by atoms with Crippen LogP contribution in [-0.4, -0.2) is 25.5 Å². The number of nitrogens with one attached hydrogen (secondary N) is 2. The van der Waals surface area contributed by atoms with Crippen LogP contribution in [0.15, 0.2) is 48.5 Å². The van der Waals surface area contributed by atoms with E-state index in [0.717, 1.165) is 0 Å². The van der Waals surface area contributed by atoms with E-state index in [0.29, 0.717) is 11.4 Å². The van der Waals surface area contributed by atoms with Crippen LogP contribution < -0.4 is 10.6 Å². The van der Waals surface area contributed by atoms with Crippen molar-refractivity contribution in [3.05, 3.63) is 59.9 Å². The summed E-state index contributed by atoms with van der Waals surface area (Å²) in [5, 5.41) is 5.49. The number of halogens is 1. The van der Waals surface area contributed by atoms with Gasteiger partial charge in [-0.1, -0.05) is 12.1 Å². The Kier molecular flexibility index (Phi) is 5.08. The molecule has 0 saturated carbocycles. The number of benzene rings is 2. The van der Waals surface area contributed by atoms with Gasteiger partial charge >= 0.3 is 5.97 Å². The fraction of sp³-hybridized carbons (Fsp3) is 0.125. The number of hydrogen-bond donors (Lipinski definition) is 2. The van der Waals surface area contributed by atoms with Crippen molar-refractivity contribution in [1.82, 2.24) is 0 Å². The molecule has 0 fully saturated rings. The van der Waals surface area contributed by atoms with E-state index < -0.39 is 5.97 Å². The Morgan fingerprint density at radius 2 is 1.77 bits per heavy atom. The average Bonchev–Trinajstić information content (AvgIpc) is 2.54. The van der Waals surface area contributed by atoms with Crippen LogP contribution in [0.4, 0.5) is 15.8 Å². The van der Waals surface area contributed by atoms with Gasteiger partial charge in [0.15, 0.2) is 0 Å². The lowest BCUT2D eigenvalue weighted by atomic mass is 10.2. The summed E-state index contributed by atoms with van der Waals surface area (Å²) in [5.41, 5.74) is 1.28. The summed E-state index contributed by atoms with van der Waals surface area (Å²) >= 11 is 0. The molecule has 0 radical (unpaired) electrons. The largest absolute Gasteiger partial charge is 0.465 e. The van der Waals surface area contributed by atoms with Crippen molar-refractivity contribution in [3.63, 3.8) is 0 Å². The normalized spacial score (nSPS) is 9.91. The van der Waals surface area contributed by atoms with Crippen molar-refractivity contribution >= 4 is 23.3 Å². The Hall–Kier alpha value is -2.89. The second kappa shape index (κ2) is 7.21. The third-order valence-corrected chi connectivity index (χ3v) is 2.90. The van der Waals surface area contributed by atoms with Crippen molar-refractivity contribution < 1.29 is 18.7 Å². The monoisotopic (exact) mass is 302 g/mol. The highest BCUT2D eigenvalue weighted by atomic mass is 19.1. The molecule has 2 aromatic rings. The zero-order chi connectivity index (χ0) is 15.9. The number of hydrogen-bond acceptors (Lipinski definition) is 4. The first-order chi connectivity index (χ1) is 10.6. The number of ether oxygens (including phenoxy) is 1. The summed E-state index contributed by atoms with van der Waals surface area (Å²) < 4.78 is 17.4. The molecule has 6 heteroatoms. The lowest BCUT2D eigenvalue weighted by molar-refractivity contribution is -0.114.